The number of nitrogens with zero attached hydrogens (tertiary/aromatic N) is 2. The standard InChI is InChI=1S/C20H20ClN3O4S3/c1-12-18(20(25)24-7-3-4-8-24)30-19(22-12)13-9-17(29-11-13)31(26,27)23-15-10-14(21)5-6-16(15)28-2/h5-6,9-11,23H,3-4,7-8H2,1-2H3. The van der Waals surface area contributed by atoms with Crippen LogP contribution in [-0.4, -0.2) is 44.4 Å². The lowest BCUT2D eigenvalue weighted by atomic mass is 10.3. The van der Waals surface area contributed by atoms with Crippen molar-refractivity contribution in [2.45, 2.75) is 24.0 Å². The van der Waals surface area contributed by atoms with Crippen LogP contribution in [0.25, 0.3) is 10.6 Å². The van der Waals surface area contributed by atoms with Crippen molar-refractivity contribution in [2.75, 3.05) is 24.9 Å². The molecule has 1 fully saturated rings. The Kier molecular flexibility index (Phi) is 6.25. The third-order valence-corrected chi connectivity index (χ3v) is 9.11. The number of rotatable bonds is 6. The van der Waals surface area contributed by atoms with Crippen molar-refractivity contribution < 1.29 is 17.9 Å². The summed E-state index contributed by atoms with van der Waals surface area (Å²) in [5, 5.41) is 2.74. The monoisotopic (exact) mass is 497 g/mol. The molecule has 0 spiro atoms. The third kappa shape index (κ3) is 4.57. The topological polar surface area (TPSA) is 88.6 Å². The number of hydrogen-bond acceptors (Lipinski definition) is 7. The number of carbonyl (C=O) groups excluding carboxylic acids is 1. The molecule has 0 bridgehead atoms. The highest BCUT2D eigenvalue weighted by Crippen LogP contribution is 2.35. The Morgan fingerprint density at radius 3 is 2.71 bits per heavy atom. The van der Waals surface area contributed by atoms with E-state index in [0.717, 1.165) is 37.3 Å². The quantitative estimate of drug-likeness (QED) is 0.524. The fourth-order valence-corrected chi connectivity index (χ4v) is 6.80. The van der Waals surface area contributed by atoms with Gasteiger partial charge in [-0.3, -0.25) is 9.52 Å². The second-order valence-corrected chi connectivity index (χ2v) is 11.3. The van der Waals surface area contributed by atoms with Gasteiger partial charge >= 0.3 is 0 Å². The maximum absolute atomic E-state index is 12.9. The summed E-state index contributed by atoms with van der Waals surface area (Å²) in [7, 11) is -2.40. The second kappa shape index (κ2) is 8.78. The zero-order valence-electron chi connectivity index (χ0n) is 16.8. The van der Waals surface area contributed by atoms with Crippen molar-refractivity contribution in [1.82, 2.24) is 9.88 Å². The normalized spacial score (nSPS) is 14.1. The molecule has 1 saturated heterocycles. The predicted octanol–water partition coefficient (Wildman–Crippen LogP) is 4.88. The minimum absolute atomic E-state index is 0.00320. The summed E-state index contributed by atoms with van der Waals surface area (Å²) in [6.07, 6.45) is 2.04. The number of ether oxygens (including phenoxy) is 1. The van der Waals surface area contributed by atoms with Crippen LogP contribution in [0.5, 0.6) is 5.75 Å². The molecule has 0 atom stereocenters. The lowest BCUT2D eigenvalue weighted by Gasteiger charge is -2.13. The molecule has 2 aromatic heterocycles. The first-order chi connectivity index (χ1) is 14.8. The van der Waals surface area contributed by atoms with Gasteiger partial charge in [0.05, 0.1) is 18.5 Å². The number of aryl methyl sites for hydroxylation is 1. The molecular formula is C20H20ClN3O4S3. The Bertz CT molecular complexity index is 1230. The van der Waals surface area contributed by atoms with Crippen molar-refractivity contribution in [3.63, 3.8) is 0 Å². The van der Waals surface area contributed by atoms with E-state index in [1.165, 1.54) is 24.5 Å². The van der Waals surface area contributed by atoms with Crippen LogP contribution < -0.4 is 9.46 Å². The van der Waals surface area contributed by atoms with Crippen LogP contribution >= 0.6 is 34.3 Å². The number of nitrogens with one attached hydrogen (secondary N) is 1. The van der Waals surface area contributed by atoms with Gasteiger partial charge in [0.1, 0.15) is 19.8 Å². The second-order valence-electron chi connectivity index (χ2n) is 7.04. The van der Waals surface area contributed by atoms with Gasteiger partial charge in [-0.25, -0.2) is 13.4 Å². The van der Waals surface area contributed by atoms with Gasteiger partial charge < -0.3 is 9.64 Å². The molecule has 1 aromatic carbocycles. The molecular weight excluding hydrogens is 478 g/mol. The maximum atomic E-state index is 12.9. The number of anilines is 1. The Balaban J connectivity index is 1.59. The minimum atomic E-state index is -3.85. The van der Waals surface area contributed by atoms with Gasteiger partial charge in [0.25, 0.3) is 15.9 Å². The van der Waals surface area contributed by atoms with Gasteiger partial charge in [-0.1, -0.05) is 11.6 Å². The Morgan fingerprint density at radius 1 is 1.26 bits per heavy atom. The van der Waals surface area contributed by atoms with Crippen LogP contribution in [0.1, 0.15) is 28.2 Å². The van der Waals surface area contributed by atoms with Crippen LogP contribution in [0, 0.1) is 6.92 Å². The van der Waals surface area contributed by atoms with E-state index in [0.29, 0.717) is 31.9 Å². The molecule has 0 saturated carbocycles. The Hall–Kier alpha value is -2.14. The molecule has 3 aromatic rings. The largest absolute Gasteiger partial charge is 0.495 e. The molecule has 3 heterocycles. The fourth-order valence-electron chi connectivity index (χ4n) is 3.31. The van der Waals surface area contributed by atoms with Crippen LogP contribution in [0.4, 0.5) is 5.69 Å². The predicted molar refractivity (Wildman–Crippen MR) is 124 cm³/mol. The molecule has 1 N–H and O–H groups in total. The molecule has 1 aliphatic heterocycles. The molecule has 1 amide bonds. The van der Waals surface area contributed by atoms with Gasteiger partial charge in [-0.15, -0.1) is 22.7 Å². The highest BCUT2D eigenvalue weighted by atomic mass is 35.5. The lowest BCUT2D eigenvalue weighted by molar-refractivity contribution is 0.0796. The zero-order chi connectivity index (χ0) is 22.2. The van der Waals surface area contributed by atoms with Crippen LogP contribution in [0.3, 0.4) is 0 Å². The van der Waals surface area contributed by atoms with Crippen LogP contribution in [-0.2, 0) is 10.0 Å². The summed E-state index contributed by atoms with van der Waals surface area (Å²) in [6.45, 7) is 3.34. The van der Waals surface area contributed by atoms with E-state index in [-0.39, 0.29) is 15.8 Å². The van der Waals surface area contributed by atoms with Gasteiger partial charge in [0, 0.05) is 29.1 Å². The molecule has 11 heteroatoms. The number of likely N-dealkylation sites (tertiary alicyclic amines) is 1. The molecule has 0 radical (unpaired) electrons. The van der Waals surface area contributed by atoms with E-state index in [2.05, 4.69) is 9.71 Å². The number of carbonyl (C=O) groups is 1. The molecule has 0 aliphatic carbocycles. The first kappa shape index (κ1) is 22.1. The lowest BCUT2D eigenvalue weighted by Crippen LogP contribution is -2.27. The Morgan fingerprint density at radius 2 is 2.00 bits per heavy atom. The van der Waals surface area contributed by atoms with Gasteiger partial charge in [-0.05, 0) is 44.0 Å². The van der Waals surface area contributed by atoms with Gasteiger partial charge in [-0.2, -0.15) is 0 Å². The summed E-state index contributed by atoms with van der Waals surface area (Å²) < 4.78 is 33.7. The maximum Gasteiger partial charge on any atom is 0.271 e. The number of hydrogen-bond donors (Lipinski definition) is 1. The van der Waals surface area contributed by atoms with Crippen molar-refractivity contribution in [3.8, 4) is 16.3 Å². The molecule has 4 rings (SSSR count). The summed E-state index contributed by atoms with van der Waals surface area (Å²) in [6, 6.07) is 6.27. The van der Waals surface area contributed by atoms with Crippen molar-refractivity contribution in [1.29, 1.82) is 0 Å². The van der Waals surface area contributed by atoms with E-state index in [4.69, 9.17) is 16.3 Å². The number of amides is 1. The summed E-state index contributed by atoms with van der Waals surface area (Å²) in [4.78, 5) is 19.7. The average molecular weight is 498 g/mol. The molecule has 7 nitrogen and oxygen atoms in total. The summed E-state index contributed by atoms with van der Waals surface area (Å²) >= 11 is 8.38. The minimum Gasteiger partial charge on any atom is -0.495 e. The molecule has 1 aliphatic rings. The van der Waals surface area contributed by atoms with E-state index >= 15 is 0 Å². The fraction of sp³-hybridized carbons (Fsp3) is 0.300. The van der Waals surface area contributed by atoms with Crippen LogP contribution in [0.2, 0.25) is 5.02 Å². The highest BCUT2D eigenvalue weighted by Gasteiger charge is 2.25. The first-order valence-corrected chi connectivity index (χ1v) is 13.1. The summed E-state index contributed by atoms with van der Waals surface area (Å²) in [5.74, 6) is 0.363. The number of methoxy groups -OCH3 is 1. The molecule has 0 unspecified atom stereocenters. The average Bonchev–Trinajstić information content (AvgIpc) is 3.48. The highest BCUT2D eigenvalue weighted by molar-refractivity contribution is 7.94. The van der Waals surface area contributed by atoms with E-state index in [1.54, 1.807) is 30.5 Å². The SMILES string of the molecule is COc1ccc(Cl)cc1NS(=O)(=O)c1cc(-c2nc(C)c(C(=O)N3CCCC3)s2)cs1. The Labute approximate surface area is 193 Å². The van der Waals surface area contributed by atoms with E-state index in [1.807, 2.05) is 4.90 Å². The number of thiazole rings is 1. The van der Waals surface area contributed by atoms with Gasteiger partial charge in [0.15, 0.2) is 0 Å². The van der Waals surface area contributed by atoms with Crippen molar-refractivity contribution in [3.05, 3.63) is 45.2 Å². The zero-order valence-corrected chi connectivity index (χ0v) is 20.1. The number of benzene rings is 1. The van der Waals surface area contributed by atoms with E-state index < -0.39 is 10.0 Å². The number of thiophene rings is 1. The number of halogens is 1. The van der Waals surface area contributed by atoms with Gasteiger partial charge in [0.2, 0.25) is 0 Å². The third-order valence-electron chi connectivity index (χ3n) is 4.88. The number of sulfonamides is 1. The first-order valence-electron chi connectivity index (χ1n) is 9.50. The van der Waals surface area contributed by atoms with Crippen LogP contribution in [0.15, 0.2) is 33.9 Å². The summed E-state index contributed by atoms with van der Waals surface area (Å²) in [5.41, 5.74) is 1.58. The van der Waals surface area contributed by atoms with E-state index in [9.17, 15) is 13.2 Å². The van der Waals surface area contributed by atoms with Crippen molar-refractivity contribution >= 4 is 55.9 Å². The van der Waals surface area contributed by atoms with Crippen molar-refractivity contribution in [2.24, 2.45) is 0 Å². The number of aromatic nitrogens is 1. The molecule has 164 valence electrons. The molecule has 31 heavy (non-hydrogen) atoms. The smallest absolute Gasteiger partial charge is 0.271 e.